The maximum absolute atomic E-state index is 11.1. The van der Waals surface area contributed by atoms with Gasteiger partial charge in [-0.15, -0.1) is 0 Å². The highest BCUT2D eigenvalue weighted by molar-refractivity contribution is 5.81. The first kappa shape index (κ1) is 9.96. The minimum Gasteiger partial charge on any atom is -0.493 e. The molecule has 0 radical (unpaired) electrons. The van der Waals surface area contributed by atoms with Gasteiger partial charge in [-0.2, -0.15) is 0 Å². The first-order valence-electron chi connectivity index (χ1n) is 5.07. The van der Waals surface area contributed by atoms with Crippen LogP contribution in [0.5, 0.6) is 5.75 Å². The molecule has 0 saturated carbocycles. The number of anilines is 1. The second-order valence-electron chi connectivity index (χ2n) is 3.55. The van der Waals surface area contributed by atoms with E-state index in [1.54, 1.807) is 13.3 Å². The fraction of sp³-hybridized carbons (Fsp3) is 0.455. The SMILES string of the molecule is COc1cccnc1N1CCC(=O)CC1. The van der Waals surface area contributed by atoms with Crippen LogP contribution < -0.4 is 9.64 Å². The second-order valence-corrected chi connectivity index (χ2v) is 3.55. The summed E-state index contributed by atoms with van der Waals surface area (Å²) in [6, 6.07) is 3.73. The van der Waals surface area contributed by atoms with E-state index in [1.807, 2.05) is 12.1 Å². The molecule has 1 aromatic heterocycles. The van der Waals surface area contributed by atoms with Gasteiger partial charge in [-0.25, -0.2) is 4.98 Å². The van der Waals surface area contributed by atoms with E-state index in [4.69, 9.17) is 4.74 Å². The Labute approximate surface area is 88.9 Å². The quantitative estimate of drug-likeness (QED) is 0.730. The number of nitrogens with zero attached hydrogens (tertiary/aromatic N) is 2. The molecule has 15 heavy (non-hydrogen) atoms. The number of rotatable bonds is 2. The number of ketones is 1. The third-order valence-electron chi connectivity index (χ3n) is 2.59. The average Bonchev–Trinajstić information content (AvgIpc) is 2.30. The molecule has 1 aromatic rings. The summed E-state index contributed by atoms with van der Waals surface area (Å²) in [5, 5.41) is 0. The molecule has 4 nitrogen and oxygen atoms in total. The number of carbonyl (C=O) groups is 1. The number of hydrogen-bond acceptors (Lipinski definition) is 4. The van der Waals surface area contributed by atoms with Crippen molar-refractivity contribution in [1.82, 2.24) is 4.98 Å². The Morgan fingerprint density at radius 3 is 2.80 bits per heavy atom. The Morgan fingerprint density at radius 1 is 1.40 bits per heavy atom. The van der Waals surface area contributed by atoms with Crippen LogP contribution in [0.1, 0.15) is 12.8 Å². The average molecular weight is 206 g/mol. The summed E-state index contributed by atoms with van der Waals surface area (Å²) in [7, 11) is 1.63. The molecular weight excluding hydrogens is 192 g/mol. The number of methoxy groups -OCH3 is 1. The first-order valence-corrected chi connectivity index (χ1v) is 5.07. The Morgan fingerprint density at radius 2 is 2.13 bits per heavy atom. The smallest absolute Gasteiger partial charge is 0.171 e. The maximum atomic E-state index is 11.1. The van der Waals surface area contributed by atoms with Crippen LogP contribution in [-0.2, 0) is 4.79 Å². The van der Waals surface area contributed by atoms with Crippen LogP contribution in [0.2, 0.25) is 0 Å². The molecular formula is C11H14N2O2. The summed E-state index contributed by atoms with van der Waals surface area (Å²) >= 11 is 0. The lowest BCUT2D eigenvalue weighted by Gasteiger charge is -2.27. The van der Waals surface area contributed by atoms with Crippen molar-refractivity contribution < 1.29 is 9.53 Å². The monoisotopic (exact) mass is 206 g/mol. The highest BCUT2D eigenvalue weighted by Crippen LogP contribution is 2.26. The van der Waals surface area contributed by atoms with Gasteiger partial charge in [0.25, 0.3) is 0 Å². The van der Waals surface area contributed by atoms with E-state index in [0.29, 0.717) is 18.6 Å². The predicted octanol–water partition coefficient (Wildman–Crippen LogP) is 1.26. The zero-order chi connectivity index (χ0) is 10.7. The van der Waals surface area contributed by atoms with E-state index >= 15 is 0 Å². The zero-order valence-corrected chi connectivity index (χ0v) is 8.77. The van der Waals surface area contributed by atoms with Crippen molar-refractivity contribution in [2.45, 2.75) is 12.8 Å². The van der Waals surface area contributed by atoms with Crippen molar-refractivity contribution in [2.75, 3.05) is 25.1 Å². The molecule has 0 N–H and O–H groups in total. The van der Waals surface area contributed by atoms with Crippen molar-refractivity contribution >= 4 is 11.6 Å². The zero-order valence-electron chi connectivity index (χ0n) is 8.77. The number of piperidine rings is 1. The van der Waals surface area contributed by atoms with Crippen LogP contribution >= 0.6 is 0 Å². The van der Waals surface area contributed by atoms with E-state index in [9.17, 15) is 4.79 Å². The molecule has 0 bridgehead atoms. The molecule has 0 atom stereocenters. The van der Waals surface area contributed by atoms with Gasteiger partial charge in [0.05, 0.1) is 7.11 Å². The lowest BCUT2D eigenvalue weighted by atomic mass is 10.1. The molecule has 0 amide bonds. The van der Waals surface area contributed by atoms with Gasteiger partial charge in [-0.1, -0.05) is 0 Å². The summed E-state index contributed by atoms with van der Waals surface area (Å²) in [6.45, 7) is 1.48. The van der Waals surface area contributed by atoms with E-state index in [0.717, 1.165) is 24.7 Å². The van der Waals surface area contributed by atoms with Crippen molar-refractivity contribution in [3.8, 4) is 5.75 Å². The molecule has 4 heteroatoms. The van der Waals surface area contributed by atoms with Crippen LogP contribution in [-0.4, -0.2) is 31.0 Å². The second kappa shape index (κ2) is 4.29. The number of ether oxygens (including phenoxy) is 1. The fourth-order valence-electron chi connectivity index (χ4n) is 1.75. The van der Waals surface area contributed by atoms with Gasteiger partial charge in [-0.3, -0.25) is 4.79 Å². The summed E-state index contributed by atoms with van der Waals surface area (Å²) < 4.78 is 5.24. The van der Waals surface area contributed by atoms with Crippen molar-refractivity contribution in [3.05, 3.63) is 18.3 Å². The van der Waals surface area contributed by atoms with Gasteiger partial charge in [-0.05, 0) is 12.1 Å². The molecule has 0 aromatic carbocycles. The molecule has 80 valence electrons. The van der Waals surface area contributed by atoms with Gasteiger partial charge < -0.3 is 9.64 Å². The van der Waals surface area contributed by atoms with E-state index < -0.39 is 0 Å². The standard InChI is InChI=1S/C11H14N2O2/c1-15-10-3-2-6-12-11(10)13-7-4-9(14)5-8-13/h2-3,6H,4-5,7-8H2,1H3. The van der Waals surface area contributed by atoms with Crippen LogP contribution in [0.3, 0.4) is 0 Å². The summed E-state index contributed by atoms with van der Waals surface area (Å²) in [5.41, 5.74) is 0. The third-order valence-corrected chi connectivity index (χ3v) is 2.59. The van der Waals surface area contributed by atoms with Gasteiger partial charge >= 0.3 is 0 Å². The number of hydrogen-bond donors (Lipinski definition) is 0. The van der Waals surface area contributed by atoms with Crippen LogP contribution in [0.25, 0.3) is 0 Å². The Kier molecular flexibility index (Phi) is 2.85. The number of carbonyl (C=O) groups excluding carboxylic acids is 1. The fourth-order valence-corrected chi connectivity index (χ4v) is 1.75. The summed E-state index contributed by atoms with van der Waals surface area (Å²) in [5.74, 6) is 1.94. The molecule has 0 spiro atoms. The summed E-state index contributed by atoms with van der Waals surface area (Å²) in [6.07, 6.45) is 2.97. The number of Topliss-reactive ketones (excluding diaryl/α,β-unsaturated/α-hetero) is 1. The van der Waals surface area contributed by atoms with E-state index in [1.165, 1.54) is 0 Å². The van der Waals surface area contributed by atoms with Crippen molar-refractivity contribution in [3.63, 3.8) is 0 Å². The van der Waals surface area contributed by atoms with E-state index in [-0.39, 0.29) is 0 Å². The van der Waals surface area contributed by atoms with Crippen molar-refractivity contribution in [2.24, 2.45) is 0 Å². The Bertz CT molecular complexity index is 355. The molecule has 1 aliphatic rings. The van der Waals surface area contributed by atoms with E-state index in [2.05, 4.69) is 9.88 Å². The molecule has 2 rings (SSSR count). The predicted molar refractivity (Wildman–Crippen MR) is 57.2 cm³/mol. The van der Waals surface area contributed by atoms with Crippen LogP contribution in [0.4, 0.5) is 5.82 Å². The Balaban J connectivity index is 2.18. The van der Waals surface area contributed by atoms with Crippen molar-refractivity contribution in [1.29, 1.82) is 0 Å². The largest absolute Gasteiger partial charge is 0.493 e. The first-order chi connectivity index (χ1) is 7.31. The normalized spacial score (nSPS) is 16.6. The highest BCUT2D eigenvalue weighted by atomic mass is 16.5. The maximum Gasteiger partial charge on any atom is 0.171 e. The third kappa shape index (κ3) is 2.09. The number of aromatic nitrogens is 1. The van der Waals surface area contributed by atoms with Gasteiger partial charge in [0.15, 0.2) is 11.6 Å². The molecule has 0 unspecified atom stereocenters. The lowest BCUT2D eigenvalue weighted by molar-refractivity contribution is -0.119. The molecule has 0 aliphatic carbocycles. The number of pyridine rings is 1. The molecule has 1 saturated heterocycles. The van der Waals surface area contributed by atoms with Gasteiger partial charge in [0.2, 0.25) is 0 Å². The topological polar surface area (TPSA) is 42.4 Å². The summed E-state index contributed by atoms with van der Waals surface area (Å²) in [4.78, 5) is 17.5. The lowest BCUT2D eigenvalue weighted by Crippen LogP contribution is -2.34. The van der Waals surface area contributed by atoms with Gasteiger partial charge in [0.1, 0.15) is 5.78 Å². The molecule has 1 fully saturated rings. The Hall–Kier alpha value is -1.58. The van der Waals surface area contributed by atoms with Crippen LogP contribution in [0, 0.1) is 0 Å². The highest BCUT2D eigenvalue weighted by Gasteiger charge is 2.19. The molecule has 1 aliphatic heterocycles. The minimum atomic E-state index is 0.334. The molecule has 2 heterocycles. The van der Waals surface area contributed by atoms with Crippen LogP contribution in [0.15, 0.2) is 18.3 Å². The van der Waals surface area contributed by atoms with Gasteiger partial charge in [0, 0.05) is 32.1 Å². The minimum absolute atomic E-state index is 0.334.